The van der Waals surface area contributed by atoms with Gasteiger partial charge in [0.25, 0.3) is 5.56 Å². The van der Waals surface area contributed by atoms with Crippen molar-refractivity contribution in [3.63, 3.8) is 0 Å². The van der Waals surface area contributed by atoms with Gasteiger partial charge in [0.05, 0.1) is 0 Å². The fourth-order valence-corrected chi connectivity index (χ4v) is 2.24. The minimum absolute atomic E-state index is 0. The first-order valence-corrected chi connectivity index (χ1v) is 5.78. The molecule has 1 aliphatic heterocycles. The maximum absolute atomic E-state index is 11.8. The molecule has 2 N–H and O–H groups in total. The fourth-order valence-electron chi connectivity index (χ4n) is 2.24. The van der Waals surface area contributed by atoms with Crippen molar-refractivity contribution in [2.75, 3.05) is 18.0 Å². The quantitative estimate of drug-likeness (QED) is 0.745. The lowest BCUT2D eigenvalue weighted by atomic mass is 10.1. The van der Waals surface area contributed by atoms with Gasteiger partial charge in [-0.2, -0.15) is 0 Å². The van der Waals surface area contributed by atoms with Crippen LogP contribution in [0.4, 0.5) is 5.82 Å². The standard InChI is InChI=1S/C11H18N4O2.ClH/c1-13-9(6-10(16)14(2)11(13)17)15-5-3-4-8(12)7-15;/h6,8H,3-5,7,12H2,1-2H3;1H/t8-;/m0./s1. The molecule has 1 aromatic heterocycles. The molecule has 0 amide bonds. The zero-order valence-corrected chi connectivity index (χ0v) is 11.4. The van der Waals surface area contributed by atoms with Crippen LogP contribution >= 0.6 is 12.4 Å². The lowest BCUT2D eigenvalue weighted by Crippen LogP contribution is -2.47. The molecule has 0 spiro atoms. The number of nitrogens with two attached hydrogens (primary N) is 1. The summed E-state index contributed by atoms with van der Waals surface area (Å²) >= 11 is 0. The number of rotatable bonds is 1. The van der Waals surface area contributed by atoms with Gasteiger partial charge in [-0.15, -0.1) is 12.4 Å². The van der Waals surface area contributed by atoms with Gasteiger partial charge in [0.1, 0.15) is 5.82 Å². The van der Waals surface area contributed by atoms with E-state index in [1.807, 2.05) is 4.90 Å². The lowest BCUT2D eigenvalue weighted by Gasteiger charge is -2.33. The summed E-state index contributed by atoms with van der Waals surface area (Å²) in [5.41, 5.74) is 5.33. The largest absolute Gasteiger partial charge is 0.356 e. The van der Waals surface area contributed by atoms with E-state index in [1.165, 1.54) is 17.7 Å². The third-order valence-electron chi connectivity index (χ3n) is 3.28. The topological polar surface area (TPSA) is 73.3 Å². The molecule has 2 heterocycles. The summed E-state index contributed by atoms with van der Waals surface area (Å²) in [6.45, 7) is 1.54. The summed E-state index contributed by atoms with van der Waals surface area (Å²) in [6, 6.07) is 1.61. The fraction of sp³-hybridized carbons (Fsp3) is 0.636. The van der Waals surface area contributed by atoms with Crippen LogP contribution < -0.4 is 21.9 Å². The van der Waals surface area contributed by atoms with Gasteiger partial charge in [-0.25, -0.2) is 4.79 Å². The molecule has 0 aromatic carbocycles. The van der Waals surface area contributed by atoms with Crippen LogP contribution in [0.25, 0.3) is 0 Å². The van der Waals surface area contributed by atoms with Crippen LogP contribution in [0.15, 0.2) is 15.7 Å². The molecule has 18 heavy (non-hydrogen) atoms. The second-order valence-electron chi connectivity index (χ2n) is 4.59. The molecule has 0 bridgehead atoms. The van der Waals surface area contributed by atoms with E-state index in [9.17, 15) is 9.59 Å². The zero-order valence-electron chi connectivity index (χ0n) is 10.6. The third kappa shape index (κ3) is 2.59. The number of hydrogen-bond acceptors (Lipinski definition) is 4. The van der Waals surface area contributed by atoms with Gasteiger partial charge in [0.2, 0.25) is 0 Å². The highest BCUT2D eigenvalue weighted by molar-refractivity contribution is 5.85. The Morgan fingerprint density at radius 1 is 1.28 bits per heavy atom. The average molecular weight is 275 g/mol. The van der Waals surface area contributed by atoms with E-state index >= 15 is 0 Å². The maximum atomic E-state index is 11.8. The highest BCUT2D eigenvalue weighted by Gasteiger charge is 2.20. The van der Waals surface area contributed by atoms with Crippen molar-refractivity contribution >= 4 is 18.2 Å². The second-order valence-corrected chi connectivity index (χ2v) is 4.59. The molecule has 102 valence electrons. The highest BCUT2D eigenvalue weighted by Crippen LogP contribution is 2.15. The number of hydrogen-bond donors (Lipinski definition) is 1. The lowest BCUT2D eigenvalue weighted by molar-refractivity contribution is 0.494. The van der Waals surface area contributed by atoms with Crippen molar-refractivity contribution in [2.24, 2.45) is 19.8 Å². The molecule has 1 saturated heterocycles. The van der Waals surface area contributed by atoms with Crippen LogP contribution in [-0.2, 0) is 14.1 Å². The predicted octanol–water partition coefficient (Wildman–Crippen LogP) is -0.567. The molecule has 7 heteroatoms. The molecular weight excluding hydrogens is 256 g/mol. The Bertz CT molecular complexity index is 537. The molecule has 0 unspecified atom stereocenters. The van der Waals surface area contributed by atoms with Gasteiger partial charge in [0.15, 0.2) is 0 Å². The van der Waals surface area contributed by atoms with Gasteiger partial charge >= 0.3 is 5.69 Å². The van der Waals surface area contributed by atoms with Crippen molar-refractivity contribution in [1.82, 2.24) is 9.13 Å². The van der Waals surface area contributed by atoms with Crippen molar-refractivity contribution < 1.29 is 0 Å². The Morgan fingerprint density at radius 3 is 2.56 bits per heavy atom. The minimum Gasteiger partial charge on any atom is -0.356 e. The summed E-state index contributed by atoms with van der Waals surface area (Å²) in [4.78, 5) is 25.4. The maximum Gasteiger partial charge on any atom is 0.332 e. The van der Waals surface area contributed by atoms with Gasteiger partial charge in [0, 0.05) is 39.3 Å². The normalized spacial score (nSPS) is 19.5. The van der Waals surface area contributed by atoms with Gasteiger partial charge in [-0.05, 0) is 12.8 Å². The molecular formula is C11H19ClN4O2. The third-order valence-corrected chi connectivity index (χ3v) is 3.28. The van der Waals surface area contributed by atoms with Gasteiger partial charge < -0.3 is 10.6 Å². The number of nitrogens with zero attached hydrogens (tertiary/aromatic N) is 3. The van der Waals surface area contributed by atoms with Crippen LogP contribution in [0, 0.1) is 0 Å². The van der Waals surface area contributed by atoms with Crippen LogP contribution in [-0.4, -0.2) is 28.3 Å². The van der Waals surface area contributed by atoms with Crippen LogP contribution in [0.2, 0.25) is 0 Å². The zero-order chi connectivity index (χ0) is 12.6. The Kier molecular flexibility index (Phi) is 4.59. The Morgan fingerprint density at radius 2 is 1.94 bits per heavy atom. The summed E-state index contributed by atoms with van der Waals surface area (Å²) in [5.74, 6) is 0.660. The van der Waals surface area contributed by atoms with Crippen molar-refractivity contribution in [3.8, 4) is 0 Å². The molecule has 0 aliphatic carbocycles. The number of halogens is 1. The first kappa shape index (κ1) is 14.8. The van der Waals surface area contributed by atoms with E-state index in [1.54, 1.807) is 7.05 Å². The van der Waals surface area contributed by atoms with Crippen LogP contribution in [0.3, 0.4) is 0 Å². The Hall–Kier alpha value is -1.27. The monoisotopic (exact) mass is 274 g/mol. The second kappa shape index (κ2) is 5.58. The summed E-state index contributed by atoms with van der Waals surface area (Å²) in [7, 11) is 3.16. The summed E-state index contributed by atoms with van der Waals surface area (Å²) < 4.78 is 2.60. The number of anilines is 1. The summed E-state index contributed by atoms with van der Waals surface area (Å²) in [6.07, 6.45) is 1.99. The van der Waals surface area contributed by atoms with Crippen molar-refractivity contribution in [1.29, 1.82) is 0 Å². The first-order valence-electron chi connectivity index (χ1n) is 5.78. The SMILES string of the molecule is Cl.Cn1c(N2CCC[C@H](N)C2)cc(=O)n(C)c1=O. The molecule has 1 fully saturated rings. The van der Waals surface area contributed by atoms with Gasteiger partial charge in [-0.1, -0.05) is 0 Å². The smallest absolute Gasteiger partial charge is 0.332 e. The van der Waals surface area contributed by atoms with E-state index < -0.39 is 0 Å². The van der Waals surface area contributed by atoms with Crippen LogP contribution in [0.1, 0.15) is 12.8 Å². The van der Waals surface area contributed by atoms with E-state index in [0.29, 0.717) is 12.4 Å². The number of piperidine rings is 1. The molecule has 1 atom stereocenters. The minimum atomic E-state index is -0.299. The average Bonchev–Trinajstić information content (AvgIpc) is 2.31. The first-order chi connectivity index (χ1) is 8.00. The molecule has 2 rings (SSSR count). The predicted molar refractivity (Wildman–Crippen MR) is 73.6 cm³/mol. The number of aromatic nitrogens is 2. The molecule has 1 aromatic rings. The van der Waals surface area contributed by atoms with Gasteiger partial charge in [-0.3, -0.25) is 13.9 Å². The molecule has 6 nitrogen and oxygen atoms in total. The van der Waals surface area contributed by atoms with E-state index in [0.717, 1.165) is 24.0 Å². The highest BCUT2D eigenvalue weighted by atomic mass is 35.5. The molecule has 1 aliphatic rings. The van der Waals surface area contributed by atoms with E-state index in [-0.39, 0.29) is 29.7 Å². The van der Waals surface area contributed by atoms with Crippen molar-refractivity contribution in [2.45, 2.75) is 18.9 Å². The molecule has 0 radical (unpaired) electrons. The van der Waals surface area contributed by atoms with E-state index in [2.05, 4.69) is 0 Å². The van der Waals surface area contributed by atoms with Crippen molar-refractivity contribution in [3.05, 3.63) is 26.9 Å². The Balaban J connectivity index is 0.00000162. The Labute approximate surface area is 111 Å². The van der Waals surface area contributed by atoms with E-state index in [4.69, 9.17) is 5.73 Å². The molecule has 0 saturated carbocycles. The van der Waals surface area contributed by atoms with Crippen LogP contribution in [0.5, 0.6) is 0 Å². The summed E-state index contributed by atoms with van der Waals surface area (Å²) in [5, 5.41) is 0.